The van der Waals surface area contributed by atoms with E-state index in [0.717, 1.165) is 32.7 Å². The first-order chi connectivity index (χ1) is 8.22. The Labute approximate surface area is 105 Å². The molecular formula is C15H25NO. The van der Waals surface area contributed by atoms with Crippen molar-refractivity contribution in [1.29, 1.82) is 0 Å². The number of hydrogen-bond donors (Lipinski definition) is 1. The number of nitrogens with one attached hydrogen (secondary N) is 1. The molecule has 0 aliphatic carbocycles. The van der Waals surface area contributed by atoms with Gasteiger partial charge in [0, 0.05) is 19.7 Å². The minimum absolute atomic E-state index is 0.622. The molecule has 0 aliphatic heterocycles. The highest BCUT2D eigenvalue weighted by atomic mass is 16.5. The van der Waals surface area contributed by atoms with Gasteiger partial charge < -0.3 is 10.1 Å². The van der Waals surface area contributed by atoms with Crippen LogP contribution in [0.15, 0.2) is 24.3 Å². The smallest absolute Gasteiger partial charge is 0.0591 e. The van der Waals surface area contributed by atoms with Gasteiger partial charge in [-0.3, -0.25) is 0 Å². The fourth-order valence-corrected chi connectivity index (χ4v) is 1.59. The van der Waals surface area contributed by atoms with Gasteiger partial charge >= 0.3 is 0 Å². The highest BCUT2D eigenvalue weighted by Gasteiger charge is 1.95. The summed E-state index contributed by atoms with van der Waals surface area (Å²) in [4.78, 5) is 0. The molecule has 0 saturated heterocycles. The molecule has 0 saturated carbocycles. The van der Waals surface area contributed by atoms with E-state index in [-0.39, 0.29) is 0 Å². The van der Waals surface area contributed by atoms with Crippen molar-refractivity contribution in [3.05, 3.63) is 35.4 Å². The summed E-state index contributed by atoms with van der Waals surface area (Å²) in [7, 11) is 0. The van der Waals surface area contributed by atoms with E-state index in [1.54, 1.807) is 0 Å². The van der Waals surface area contributed by atoms with Crippen LogP contribution in [0.5, 0.6) is 0 Å². The van der Waals surface area contributed by atoms with Crippen LogP contribution >= 0.6 is 0 Å². The zero-order chi connectivity index (χ0) is 12.5. The third kappa shape index (κ3) is 6.44. The largest absolute Gasteiger partial charge is 0.380 e. The number of benzene rings is 1. The van der Waals surface area contributed by atoms with Crippen LogP contribution in [0.1, 0.15) is 31.9 Å². The molecule has 0 spiro atoms. The zero-order valence-corrected chi connectivity index (χ0v) is 11.3. The predicted octanol–water partition coefficient (Wildman–Crippen LogP) is 3.01. The molecule has 0 amide bonds. The molecule has 1 aromatic rings. The first kappa shape index (κ1) is 14.2. The van der Waals surface area contributed by atoms with Crippen molar-refractivity contribution in [3.63, 3.8) is 0 Å². The minimum atomic E-state index is 0.622. The quantitative estimate of drug-likeness (QED) is 0.699. The SMILES string of the molecule is CCc1ccc(CNCCOCC(C)C)cc1. The van der Waals surface area contributed by atoms with Crippen molar-refractivity contribution in [2.75, 3.05) is 19.8 Å². The Hall–Kier alpha value is -0.860. The Bertz CT molecular complexity index is 292. The maximum Gasteiger partial charge on any atom is 0.0591 e. The maximum absolute atomic E-state index is 5.51. The molecule has 2 nitrogen and oxygen atoms in total. The zero-order valence-electron chi connectivity index (χ0n) is 11.3. The lowest BCUT2D eigenvalue weighted by atomic mass is 10.1. The summed E-state index contributed by atoms with van der Waals surface area (Å²) >= 11 is 0. The van der Waals surface area contributed by atoms with E-state index >= 15 is 0 Å². The standard InChI is InChI=1S/C15H25NO/c1-4-14-5-7-15(8-6-14)11-16-9-10-17-12-13(2)3/h5-8,13,16H,4,9-12H2,1-3H3. The van der Waals surface area contributed by atoms with Crippen molar-refractivity contribution in [1.82, 2.24) is 5.32 Å². The van der Waals surface area contributed by atoms with Crippen LogP contribution in [0.2, 0.25) is 0 Å². The van der Waals surface area contributed by atoms with E-state index in [2.05, 4.69) is 50.4 Å². The van der Waals surface area contributed by atoms with E-state index in [1.807, 2.05) is 0 Å². The Morgan fingerprint density at radius 1 is 1.12 bits per heavy atom. The molecule has 17 heavy (non-hydrogen) atoms. The van der Waals surface area contributed by atoms with E-state index in [9.17, 15) is 0 Å². The lowest BCUT2D eigenvalue weighted by Gasteiger charge is -2.08. The average molecular weight is 235 g/mol. The Balaban J connectivity index is 2.09. The van der Waals surface area contributed by atoms with Crippen LogP contribution in [0.25, 0.3) is 0 Å². The summed E-state index contributed by atoms with van der Waals surface area (Å²) in [6, 6.07) is 8.79. The van der Waals surface area contributed by atoms with Gasteiger partial charge in [-0.2, -0.15) is 0 Å². The highest BCUT2D eigenvalue weighted by molar-refractivity contribution is 5.22. The average Bonchev–Trinajstić information content (AvgIpc) is 2.34. The fourth-order valence-electron chi connectivity index (χ4n) is 1.59. The van der Waals surface area contributed by atoms with Crippen LogP contribution in [-0.2, 0) is 17.7 Å². The monoisotopic (exact) mass is 235 g/mol. The van der Waals surface area contributed by atoms with Crippen LogP contribution in [-0.4, -0.2) is 19.8 Å². The van der Waals surface area contributed by atoms with Gasteiger partial charge in [0.25, 0.3) is 0 Å². The fraction of sp³-hybridized carbons (Fsp3) is 0.600. The van der Waals surface area contributed by atoms with Crippen molar-refractivity contribution < 1.29 is 4.74 Å². The van der Waals surface area contributed by atoms with Gasteiger partial charge in [0.05, 0.1) is 6.61 Å². The first-order valence-corrected chi connectivity index (χ1v) is 6.58. The molecule has 0 radical (unpaired) electrons. The summed E-state index contributed by atoms with van der Waals surface area (Å²) in [6.07, 6.45) is 1.11. The number of aryl methyl sites for hydroxylation is 1. The molecule has 0 bridgehead atoms. The second-order valence-electron chi connectivity index (χ2n) is 4.82. The maximum atomic E-state index is 5.51. The van der Waals surface area contributed by atoms with Crippen LogP contribution in [0.3, 0.4) is 0 Å². The second-order valence-corrected chi connectivity index (χ2v) is 4.82. The topological polar surface area (TPSA) is 21.3 Å². The molecule has 1 aromatic carbocycles. The first-order valence-electron chi connectivity index (χ1n) is 6.58. The van der Waals surface area contributed by atoms with E-state index < -0.39 is 0 Å². The number of hydrogen-bond acceptors (Lipinski definition) is 2. The molecule has 1 rings (SSSR count). The summed E-state index contributed by atoms with van der Waals surface area (Å²) in [5.41, 5.74) is 2.74. The van der Waals surface area contributed by atoms with Crippen LogP contribution < -0.4 is 5.32 Å². The predicted molar refractivity (Wildman–Crippen MR) is 73.2 cm³/mol. The van der Waals surface area contributed by atoms with Crippen molar-refractivity contribution >= 4 is 0 Å². The Morgan fingerprint density at radius 3 is 2.35 bits per heavy atom. The van der Waals surface area contributed by atoms with Gasteiger partial charge in [0.1, 0.15) is 0 Å². The van der Waals surface area contributed by atoms with Gasteiger partial charge in [-0.25, -0.2) is 0 Å². The normalized spacial score (nSPS) is 11.1. The molecule has 0 heterocycles. The van der Waals surface area contributed by atoms with Crippen molar-refractivity contribution in [3.8, 4) is 0 Å². The van der Waals surface area contributed by atoms with Crippen LogP contribution in [0, 0.1) is 5.92 Å². The molecule has 0 aromatic heterocycles. The third-order valence-electron chi connectivity index (χ3n) is 2.63. The second kappa shape index (κ2) is 8.26. The van der Waals surface area contributed by atoms with E-state index in [1.165, 1.54) is 11.1 Å². The van der Waals surface area contributed by atoms with Crippen LogP contribution in [0.4, 0.5) is 0 Å². The van der Waals surface area contributed by atoms with Crippen molar-refractivity contribution in [2.45, 2.75) is 33.7 Å². The van der Waals surface area contributed by atoms with Gasteiger partial charge in [-0.05, 0) is 23.5 Å². The minimum Gasteiger partial charge on any atom is -0.380 e. The van der Waals surface area contributed by atoms with Crippen molar-refractivity contribution in [2.24, 2.45) is 5.92 Å². The van der Waals surface area contributed by atoms with Gasteiger partial charge in [0.15, 0.2) is 0 Å². The third-order valence-corrected chi connectivity index (χ3v) is 2.63. The van der Waals surface area contributed by atoms with E-state index in [0.29, 0.717) is 5.92 Å². The molecule has 0 atom stereocenters. The lowest BCUT2D eigenvalue weighted by Crippen LogP contribution is -2.20. The Kier molecular flexibility index (Phi) is 6.90. The molecule has 0 unspecified atom stereocenters. The summed E-state index contributed by atoms with van der Waals surface area (Å²) < 4.78 is 5.51. The molecule has 0 aliphatic rings. The highest BCUT2D eigenvalue weighted by Crippen LogP contribution is 2.04. The van der Waals surface area contributed by atoms with Gasteiger partial charge in [0.2, 0.25) is 0 Å². The number of rotatable bonds is 8. The summed E-state index contributed by atoms with van der Waals surface area (Å²) in [5.74, 6) is 0.622. The molecule has 96 valence electrons. The van der Waals surface area contributed by atoms with E-state index in [4.69, 9.17) is 4.74 Å². The number of ether oxygens (including phenoxy) is 1. The summed E-state index contributed by atoms with van der Waals surface area (Å²) in [5, 5.41) is 3.39. The molecule has 1 N–H and O–H groups in total. The molecule has 2 heteroatoms. The summed E-state index contributed by atoms with van der Waals surface area (Å²) in [6.45, 7) is 10.0. The van der Waals surface area contributed by atoms with Gasteiger partial charge in [-0.1, -0.05) is 45.0 Å². The Morgan fingerprint density at radius 2 is 1.76 bits per heavy atom. The molecule has 0 fully saturated rings. The van der Waals surface area contributed by atoms with Gasteiger partial charge in [-0.15, -0.1) is 0 Å². The molecular weight excluding hydrogens is 210 g/mol. The lowest BCUT2D eigenvalue weighted by molar-refractivity contribution is 0.111.